The second-order valence-corrected chi connectivity index (χ2v) is 3.17. The van der Waals surface area contributed by atoms with Crippen LogP contribution in [0.25, 0.3) is 11.0 Å². The predicted octanol–water partition coefficient (Wildman–Crippen LogP) is 2.16. The van der Waals surface area contributed by atoms with Gasteiger partial charge < -0.3 is 4.42 Å². The first-order chi connectivity index (χ1) is 6.18. The first-order valence-electron chi connectivity index (χ1n) is 3.81. The molecule has 2 rings (SSSR count). The number of nitrogens with one attached hydrogen (secondary N) is 1. The minimum Gasteiger partial charge on any atom is -0.430 e. The van der Waals surface area contributed by atoms with E-state index in [1.807, 2.05) is 19.1 Å². The molecule has 0 aliphatic rings. The van der Waals surface area contributed by atoms with Gasteiger partial charge in [-0.15, -0.1) is 0 Å². The van der Waals surface area contributed by atoms with E-state index in [1.54, 1.807) is 6.07 Å². The average Bonchev–Trinajstić information content (AvgIpc) is 2.07. The summed E-state index contributed by atoms with van der Waals surface area (Å²) in [5.41, 5.74) is 1.28. The molecule has 3 nitrogen and oxygen atoms in total. The molecule has 0 aliphatic carbocycles. The molecule has 0 spiro atoms. The molecule has 1 aromatic carbocycles. The van der Waals surface area contributed by atoms with Gasteiger partial charge in [-0.05, 0) is 30.8 Å². The highest BCUT2D eigenvalue weighted by Gasteiger charge is 2.02. The summed E-state index contributed by atoms with van der Waals surface area (Å²) in [5, 5.41) is 0.536. The predicted molar refractivity (Wildman–Crippen MR) is 52.4 cm³/mol. The van der Waals surface area contributed by atoms with Crippen LogP contribution in [0.3, 0.4) is 0 Å². The molecule has 1 heterocycles. The first kappa shape index (κ1) is 8.19. The zero-order valence-corrected chi connectivity index (χ0v) is 7.77. The van der Waals surface area contributed by atoms with E-state index in [9.17, 15) is 4.79 Å². The lowest BCUT2D eigenvalue weighted by Gasteiger charge is -1.97. The summed E-state index contributed by atoms with van der Waals surface area (Å²) in [6, 6.07) is 5.39. The average molecular weight is 193 g/mol. The van der Waals surface area contributed by atoms with Crippen LogP contribution in [0.5, 0.6) is 0 Å². The number of aromatic amines is 1. The number of benzene rings is 1. The number of hydrogen-bond donors (Lipinski definition) is 1. The van der Waals surface area contributed by atoms with E-state index in [2.05, 4.69) is 4.98 Å². The minimum atomic E-state index is -0.199. The van der Waals surface area contributed by atoms with Crippen LogP contribution in [0.4, 0.5) is 0 Å². The van der Waals surface area contributed by atoms with Gasteiger partial charge in [0.1, 0.15) is 5.58 Å². The third-order valence-electron chi connectivity index (χ3n) is 1.87. The van der Waals surface area contributed by atoms with Crippen molar-refractivity contribution in [2.45, 2.75) is 6.92 Å². The third-order valence-corrected chi connectivity index (χ3v) is 2.05. The summed E-state index contributed by atoms with van der Waals surface area (Å²) in [4.78, 5) is 13.9. The zero-order valence-electron chi connectivity index (χ0n) is 6.96. The Kier molecular flexibility index (Phi) is 1.77. The minimum absolute atomic E-state index is 0.117. The van der Waals surface area contributed by atoms with Gasteiger partial charge in [0.05, 0.1) is 5.39 Å². The van der Waals surface area contributed by atoms with E-state index in [4.69, 9.17) is 16.6 Å². The van der Waals surface area contributed by atoms with Gasteiger partial charge in [-0.1, -0.05) is 12.1 Å². The summed E-state index contributed by atoms with van der Waals surface area (Å²) in [6.07, 6.45) is 0. The monoisotopic (exact) mass is 193 g/mol. The van der Waals surface area contributed by atoms with Crippen LogP contribution >= 0.6 is 12.2 Å². The lowest BCUT2D eigenvalue weighted by molar-refractivity contribution is 0.554. The van der Waals surface area contributed by atoms with Crippen LogP contribution in [0.2, 0.25) is 0 Å². The molecule has 0 bridgehead atoms. The zero-order chi connectivity index (χ0) is 9.42. The Bertz CT molecular complexity index is 568. The molecule has 0 aliphatic heterocycles. The molecule has 13 heavy (non-hydrogen) atoms. The highest BCUT2D eigenvalue weighted by atomic mass is 32.1. The number of hydrogen-bond acceptors (Lipinski definition) is 3. The number of H-pyrrole nitrogens is 1. The Morgan fingerprint density at radius 3 is 3.00 bits per heavy atom. The maximum Gasteiger partial charge on any atom is 0.269 e. The van der Waals surface area contributed by atoms with E-state index in [0.29, 0.717) is 11.0 Å². The number of fused-ring (bicyclic) bond motifs is 1. The van der Waals surface area contributed by atoms with Crippen molar-refractivity contribution in [1.29, 1.82) is 0 Å². The molecule has 0 amide bonds. The number of para-hydroxylation sites is 1. The Labute approximate surface area is 79.0 Å². The smallest absolute Gasteiger partial charge is 0.269 e. The fourth-order valence-corrected chi connectivity index (χ4v) is 1.42. The maximum absolute atomic E-state index is 11.4. The Hall–Kier alpha value is -1.42. The van der Waals surface area contributed by atoms with Crippen molar-refractivity contribution < 1.29 is 4.42 Å². The van der Waals surface area contributed by atoms with Crippen LogP contribution in [0.15, 0.2) is 27.4 Å². The molecule has 0 fully saturated rings. The molecule has 0 radical (unpaired) electrons. The first-order valence-corrected chi connectivity index (χ1v) is 4.22. The summed E-state index contributed by atoms with van der Waals surface area (Å²) in [6.45, 7) is 1.88. The van der Waals surface area contributed by atoms with E-state index in [1.165, 1.54) is 0 Å². The van der Waals surface area contributed by atoms with Crippen molar-refractivity contribution in [2.75, 3.05) is 0 Å². The van der Waals surface area contributed by atoms with Crippen molar-refractivity contribution in [1.82, 2.24) is 4.98 Å². The van der Waals surface area contributed by atoms with Crippen LogP contribution in [0, 0.1) is 11.8 Å². The lowest BCUT2D eigenvalue weighted by atomic mass is 10.2. The lowest BCUT2D eigenvalue weighted by Crippen LogP contribution is -2.05. The quantitative estimate of drug-likeness (QED) is 0.652. The highest BCUT2D eigenvalue weighted by Crippen LogP contribution is 2.13. The van der Waals surface area contributed by atoms with Crippen molar-refractivity contribution in [2.24, 2.45) is 0 Å². The molecule has 0 saturated heterocycles. The van der Waals surface area contributed by atoms with Crippen molar-refractivity contribution >= 4 is 23.2 Å². The second kappa shape index (κ2) is 2.81. The van der Waals surface area contributed by atoms with Crippen molar-refractivity contribution in [3.63, 3.8) is 0 Å². The molecular formula is C9H7NO2S. The van der Waals surface area contributed by atoms with E-state index >= 15 is 0 Å². The molecule has 0 saturated carbocycles. The van der Waals surface area contributed by atoms with Gasteiger partial charge >= 0.3 is 0 Å². The largest absolute Gasteiger partial charge is 0.430 e. The normalized spacial score (nSPS) is 10.5. The standard InChI is InChI=1S/C9H7NO2S/c1-5-3-2-4-6-7(5)12-9(13)10-8(6)11/h2-4H,1H3,(H,10,11,13). The van der Waals surface area contributed by atoms with E-state index < -0.39 is 0 Å². The van der Waals surface area contributed by atoms with Crippen LogP contribution in [-0.4, -0.2) is 4.98 Å². The van der Waals surface area contributed by atoms with Gasteiger partial charge in [-0.25, -0.2) is 0 Å². The molecular weight excluding hydrogens is 186 g/mol. The molecule has 4 heteroatoms. The van der Waals surface area contributed by atoms with Gasteiger partial charge in [-0.3, -0.25) is 9.78 Å². The maximum atomic E-state index is 11.4. The molecule has 1 N–H and O–H groups in total. The fourth-order valence-electron chi connectivity index (χ4n) is 1.24. The van der Waals surface area contributed by atoms with Crippen molar-refractivity contribution in [3.8, 4) is 0 Å². The van der Waals surface area contributed by atoms with Gasteiger partial charge in [-0.2, -0.15) is 0 Å². The molecule has 0 unspecified atom stereocenters. The van der Waals surface area contributed by atoms with Gasteiger partial charge in [0, 0.05) is 0 Å². The number of aryl methyl sites for hydroxylation is 1. The van der Waals surface area contributed by atoms with Crippen LogP contribution < -0.4 is 5.56 Å². The topological polar surface area (TPSA) is 46.0 Å². The van der Waals surface area contributed by atoms with Gasteiger partial charge in [0.25, 0.3) is 10.4 Å². The van der Waals surface area contributed by atoms with Crippen LogP contribution in [0.1, 0.15) is 5.56 Å². The third kappa shape index (κ3) is 1.29. The number of rotatable bonds is 0. The number of aromatic nitrogens is 1. The summed E-state index contributed by atoms with van der Waals surface area (Å²) >= 11 is 4.76. The fraction of sp³-hybridized carbons (Fsp3) is 0.111. The van der Waals surface area contributed by atoms with Gasteiger partial charge in [0.15, 0.2) is 0 Å². The molecule has 66 valence electrons. The van der Waals surface area contributed by atoms with Crippen LogP contribution in [-0.2, 0) is 0 Å². The second-order valence-electron chi connectivity index (χ2n) is 2.80. The molecule has 1 aromatic heterocycles. The Morgan fingerprint density at radius 2 is 2.23 bits per heavy atom. The van der Waals surface area contributed by atoms with E-state index in [0.717, 1.165) is 5.56 Å². The van der Waals surface area contributed by atoms with Crippen molar-refractivity contribution in [3.05, 3.63) is 39.0 Å². The SMILES string of the molecule is Cc1cccc2c(=O)[nH]c(=S)oc12. The summed E-state index contributed by atoms with van der Waals surface area (Å²) in [7, 11) is 0. The Morgan fingerprint density at radius 1 is 1.46 bits per heavy atom. The van der Waals surface area contributed by atoms with Gasteiger partial charge in [0.2, 0.25) is 0 Å². The van der Waals surface area contributed by atoms with E-state index in [-0.39, 0.29) is 10.4 Å². The summed E-state index contributed by atoms with van der Waals surface area (Å²) in [5.74, 6) is 0. The summed E-state index contributed by atoms with van der Waals surface area (Å²) < 4.78 is 5.23. The highest BCUT2D eigenvalue weighted by molar-refractivity contribution is 7.71. The molecule has 2 aromatic rings. The Balaban J connectivity index is 3.12. The molecule has 0 atom stereocenters.